The van der Waals surface area contributed by atoms with Gasteiger partial charge in [-0.05, 0) is 63.2 Å². The molecule has 0 bridgehead atoms. The number of unbranched alkanes of at least 4 members (excludes halogenated alkanes) is 1. The van der Waals surface area contributed by atoms with Crippen molar-refractivity contribution in [1.82, 2.24) is 4.90 Å². The van der Waals surface area contributed by atoms with Crippen molar-refractivity contribution in [1.29, 1.82) is 0 Å². The first kappa shape index (κ1) is 28.8. The molecule has 2 saturated carbocycles. The Bertz CT molecular complexity index is 610. The molecular formula is C28H51NO6. The fourth-order valence-electron chi connectivity index (χ4n) is 6.66. The van der Waals surface area contributed by atoms with Gasteiger partial charge in [0.15, 0.2) is 12.6 Å². The number of nitrogens with zero attached hydrogens (tertiary/aromatic N) is 1. The second-order valence-corrected chi connectivity index (χ2v) is 11.5. The molecule has 7 nitrogen and oxygen atoms in total. The molecule has 3 aliphatic rings. The van der Waals surface area contributed by atoms with E-state index in [4.69, 9.17) is 14.6 Å². The summed E-state index contributed by atoms with van der Waals surface area (Å²) in [5.74, 6) is 2.63. The van der Waals surface area contributed by atoms with Crippen LogP contribution in [0.1, 0.15) is 104 Å². The van der Waals surface area contributed by atoms with Gasteiger partial charge < -0.3 is 29.7 Å². The SMILES string of the molecule is CC(O)C(C)C(OCCCCC(=O)N1CCCC1CC1CCCC(C2CCCC2)C1)OC(O)CO. The third-order valence-electron chi connectivity index (χ3n) is 8.90. The zero-order valence-corrected chi connectivity index (χ0v) is 22.2. The largest absolute Gasteiger partial charge is 0.393 e. The summed E-state index contributed by atoms with van der Waals surface area (Å²) in [6.07, 6.45) is 13.9. The van der Waals surface area contributed by atoms with Gasteiger partial charge in [0, 0.05) is 31.5 Å². The van der Waals surface area contributed by atoms with Gasteiger partial charge in [-0.3, -0.25) is 4.79 Å². The Morgan fingerprint density at radius 2 is 1.71 bits per heavy atom. The van der Waals surface area contributed by atoms with Gasteiger partial charge in [0.25, 0.3) is 0 Å². The van der Waals surface area contributed by atoms with E-state index in [0.717, 1.165) is 43.6 Å². The van der Waals surface area contributed by atoms with Crippen LogP contribution in [0.3, 0.4) is 0 Å². The Labute approximate surface area is 212 Å². The van der Waals surface area contributed by atoms with Crippen molar-refractivity contribution in [3.8, 4) is 0 Å². The van der Waals surface area contributed by atoms with Crippen molar-refractivity contribution >= 4 is 5.91 Å². The lowest BCUT2D eigenvalue weighted by atomic mass is 9.72. The van der Waals surface area contributed by atoms with Crippen LogP contribution in [0.4, 0.5) is 0 Å². The number of ether oxygens (including phenoxy) is 2. The van der Waals surface area contributed by atoms with Crippen LogP contribution in [-0.4, -0.2) is 70.6 Å². The molecule has 0 radical (unpaired) electrons. The van der Waals surface area contributed by atoms with Gasteiger partial charge in [-0.1, -0.05) is 51.9 Å². The molecule has 0 aromatic heterocycles. The fourth-order valence-corrected chi connectivity index (χ4v) is 6.66. The minimum absolute atomic E-state index is 0.275. The molecule has 0 spiro atoms. The maximum absolute atomic E-state index is 13.0. The molecule has 1 heterocycles. The van der Waals surface area contributed by atoms with Crippen LogP contribution in [0.15, 0.2) is 0 Å². The van der Waals surface area contributed by atoms with Gasteiger partial charge in [-0.2, -0.15) is 0 Å². The van der Waals surface area contributed by atoms with E-state index in [-0.39, 0.29) is 11.8 Å². The summed E-state index contributed by atoms with van der Waals surface area (Å²) in [5, 5.41) is 28.4. The third kappa shape index (κ3) is 8.96. The van der Waals surface area contributed by atoms with Crippen molar-refractivity contribution in [3.63, 3.8) is 0 Å². The van der Waals surface area contributed by atoms with Crippen LogP contribution in [0.25, 0.3) is 0 Å². The summed E-state index contributed by atoms with van der Waals surface area (Å²) >= 11 is 0. The van der Waals surface area contributed by atoms with E-state index in [1.54, 1.807) is 13.8 Å². The van der Waals surface area contributed by atoms with Gasteiger partial charge >= 0.3 is 0 Å². The zero-order valence-electron chi connectivity index (χ0n) is 22.2. The van der Waals surface area contributed by atoms with E-state index >= 15 is 0 Å². The van der Waals surface area contributed by atoms with E-state index in [1.807, 2.05) is 0 Å². The molecule has 1 amide bonds. The minimum Gasteiger partial charge on any atom is -0.393 e. The molecule has 35 heavy (non-hydrogen) atoms. The molecule has 3 N–H and O–H groups in total. The van der Waals surface area contributed by atoms with Crippen LogP contribution in [-0.2, 0) is 14.3 Å². The van der Waals surface area contributed by atoms with Crippen LogP contribution in [0, 0.1) is 23.7 Å². The van der Waals surface area contributed by atoms with Crippen molar-refractivity contribution in [2.45, 2.75) is 128 Å². The Hall–Kier alpha value is -0.730. The molecule has 204 valence electrons. The lowest BCUT2D eigenvalue weighted by Gasteiger charge is -2.36. The number of hydrogen-bond acceptors (Lipinski definition) is 6. The standard InChI is InChI=1S/C28H51NO6/c1-20(21(2)31)28(35-27(33)19-30)34-16-6-5-14-26(32)29-15-8-13-25(29)18-22-9-7-12-24(17-22)23-10-3-4-11-23/h20-25,27-28,30-31,33H,3-19H2,1-2H3. The molecule has 0 aromatic rings. The predicted octanol–water partition coefficient (Wildman–Crippen LogP) is 4.22. The second-order valence-electron chi connectivity index (χ2n) is 11.5. The number of hydrogen-bond donors (Lipinski definition) is 3. The molecule has 1 saturated heterocycles. The second kappa shape index (κ2) is 14.9. The summed E-state index contributed by atoms with van der Waals surface area (Å²) in [6.45, 7) is 4.17. The van der Waals surface area contributed by atoms with Crippen molar-refractivity contribution in [3.05, 3.63) is 0 Å². The van der Waals surface area contributed by atoms with Crippen molar-refractivity contribution in [2.24, 2.45) is 23.7 Å². The van der Waals surface area contributed by atoms with Gasteiger partial charge in [-0.15, -0.1) is 0 Å². The number of rotatable bonds is 14. The third-order valence-corrected chi connectivity index (χ3v) is 8.90. The fraction of sp³-hybridized carbons (Fsp3) is 0.964. The van der Waals surface area contributed by atoms with E-state index in [9.17, 15) is 15.0 Å². The molecule has 3 fully saturated rings. The Balaban J connectivity index is 1.37. The summed E-state index contributed by atoms with van der Waals surface area (Å²) in [4.78, 5) is 15.2. The monoisotopic (exact) mass is 497 g/mol. The van der Waals surface area contributed by atoms with Crippen LogP contribution in [0.2, 0.25) is 0 Å². The number of amides is 1. The molecule has 7 atom stereocenters. The first-order valence-electron chi connectivity index (χ1n) is 14.4. The molecular weight excluding hydrogens is 446 g/mol. The Morgan fingerprint density at radius 3 is 2.43 bits per heavy atom. The van der Waals surface area contributed by atoms with Gasteiger partial charge in [0.2, 0.25) is 5.91 Å². The van der Waals surface area contributed by atoms with E-state index in [1.165, 1.54) is 57.8 Å². The summed E-state index contributed by atoms with van der Waals surface area (Å²) in [6, 6.07) is 0.427. The van der Waals surface area contributed by atoms with E-state index < -0.39 is 25.3 Å². The number of carbonyl (C=O) groups excluding carboxylic acids is 1. The van der Waals surface area contributed by atoms with Crippen LogP contribution in [0.5, 0.6) is 0 Å². The molecule has 7 unspecified atom stereocenters. The molecule has 0 aromatic carbocycles. The lowest BCUT2D eigenvalue weighted by Crippen LogP contribution is -2.37. The maximum Gasteiger partial charge on any atom is 0.222 e. The maximum atomic E-state index is 13.0. The van der Waals surface area contributed by atoms with Gasteiger partial charge in [0.05, 0.1) is 12.7 Å². The van der Waals surface area contributed by atoms with E-state index in [0.29, 0.717) is 25.5 Å². The minimum atomic E-state index is -1.34. The molecule has 7 heteroatoms. The predicted molar refractivity (Wildman–Crippen MR) is 135 cm³/mol. The normalized spacial score (nSPS) is 29.3. The molecule has 2 aliphatic carbocycles. The Kier molecular flexibility index (Phi) is 12.3. The number of aliphatic hydroxyl groups is 3. The first-order chi connectivity index (χ1) is 16.9. The van der Waals surface area contributed by atoms with Gasteiger partial charge in [-0.25, -0.2) is 0 Å². The average Bonchev–Trinajstić information content (AvgIpc) is 3.55. The highest BCUT2D eigenvalue weighted by atomic mass is 16.7. The lowest BCUT2D eigenvalue weighted by molar-refractivity contribution is -0.262. The molecule has 3 rings (SSSR count). The quantitative estimate of drug-likeness (QED) is 0.245. The van der Waals surface area contributed by atoms with Crippen LogP contribution >= 0.6 is 0 Å². The highest BCUT2D eigenvalue weighted by Gasteiger charge is 2.34. The molecule has 1 aliphatic heterocycles. The van der Waals surface area contributed by atoms with Crippen molar-refractivity contribution < 1.29 is 29.6 Å². The highest BCUT2D eigenvalue weighted by Crippen LogP contribution is 2.43. The number of carbonyl (C=O) groups is 1. The van der Waals surface area contributed by atoms with E-state index in [2.05, 4.69) is 4.90 Å². The van der Waals surface area contributed by atoms with Crippen molar-refractivity contribution in [2.75, 3.05) is 19.8 Å². The smallest absolute Gasteiger partial charge is 0.222 e. The average molecular weight is 498 g/mol. The topological polar surface area (TPSA) is 99.5 Å². The number of aliphatic hydroxyl groups excluding tert-OH is 3. The zero-order chi connectivity index (χ0) is 25.2. The summed E-state index contributed by atoms with van der Waals surface area (Å²) in [5.41, 5.74) is 0. The first-order valence-corrected chi connectivity index (χ1v) is 14.4. The van der Waals surface area contributed by atoms with Gasteiger partial charge in [0.1, 0.15) is 0 Å². The summed E-state index contributed by atoms with van der Waals surface area (Å²) in [7, 11) is 0. The summed E-state index contributed by atoms with van der Waals surface area (Å²) < 4.78 is 11.0. The number of likely N-dealkylation sites (tertiary alicyclic amines) is 1. The highest BCUT2D eigenvalue weighted by molar-refractivity contribution is 5.76. The van der Waals surface area contributed by atoms with Crippen LogP contribution < -0.4 is 0 Å². The Morgan fingerprint density at radius 1 is 0.971 bits per heavy atom.